The van der Waals surface area contributed by atoms with Gasteiger partial charge in [-0.3, -0.25) is 4.79 Å². The van der Waals surface area contributed by atoms with Crippen LogP contribution in [0.1, 0.15) is 25.3 Å². The van der Waals surface area contributed by atoms with Crippen LogP contribution >= 0.6 is 0 Å². The summed E-state index contributed by atoms with van der Waals surface area (Å²) in [5, 5.41) is 30.4. The summed E-state index contributed by atoms with van der Waals surface area (Å²) < 4.78 is 0. The van der Waals surface area contributed by atoms with Crippen molar-refractivity contribution in [1.82, 2.24) is 5.32 Å². The number of carbonyl (C=O) groups is 2. The topological polar surface area (TPSA) is 107 Å². The number of carboxylic acid groups (broad SMARTS) is 1. The Morgan fingerprint density at radius 3 is 2.48 bits per heavy atom. The van der Waals surface area contributed by atoms with Crippen molar-refractivity contribution in [2.24, 2.45) is 11.8 Å². The molecule has 0 aliphatic heterocycles. The minimum absolute atomic E-state index is 0.0479. The fraction of sp³-hybridized carbons (Fsp3) is 0.467. The van der Waals surface area contributed by atoms with Crippen molar-refractivity contribution in [3.63, 3.8) is 0 Å². The Hall–Kier alpha value is -2.24. The Balaban J connectivity index is 2.02. The predicted molar refractivity (Wildman–Crippen MR) is 74.9 cm³/mol. The molecule has 1 aliphatic rings. The van der Waals surface area contributed by atoms with Crippen LogP contribution < -0.4 is 5.32 Å². The Morgan fingerprint density at radius 2 is 1.95 bits per heavy atom. The third-order valence-electron chi connectivity index (χ3n) is 3.84. The Labute approximate surface area is 122 Å². The normalized spacial score (nSPS) is 17.0. The molecular formula is C15H19NO5. The van der Waals surface area contributed by atoms with Gasteiger partial charge in [-0.15, -0.1) is 0 Å². The first-order valence-corrected chi connectivity index (χ1v) is 6.92. The molecule has 1 fully saturated rings. The Morgan fingerprint density at radius 1 is 1.29 bits per heavy atom. The van der Waals surface area contributed by atoms with Crippen LogP contribution in [0.2, 0.25) is 0 Å². The molecule has 1 saturated carbocycles. The third-order valence-corrected chi connectivity index (χ3v) is 3.84. The van der Waals surface area contributed by atoms with Gasteiger partial charge < -0.3 is 20.6 Å². The van der Waals surface area contributed by atoms with Crippen LogP contribution in [-0.2, 0) is 16.0 Å². The lowest BCUT2D eigenvalue weighted by Gasteiger charge is -2.18. The van der Waals surface area contributed by atoms with Gasteiger partial charge in [0.05, 0.1) is 0 Å². The molecule has 0 aromatic heterocycles. The molecule has 0 heterocycles. The van der Waals surface area contributed by atoms with Gasteiger partial charge in [0, 0.05) is 12.3 Å². The van der Waals surface area contributed by atoms with Crippen LogP contribution in [0.5, 0.6) is 11.5 Å². The summed E-state index contributed by atoms with van der Waals surface area (Å²) in [6, 6.07) is 3.05. The first-order chi connectivity index (χ1) is 9.88. The summed E-state index contributed by atoms with van der Waals surface area (Å²) >= 11 is 0. The zero-order chi connectivity index (χ0) is 15.6. The van der Waals surface area contributed by atoms with Gasteiger partial charge in [0.1, 0.15) is 6.04 Å². The molecule has 1 aromatic rings. The molecule has 114 valence electrons. The number of nitrogens with one attached hydrogen (secondary N) is 1. The highest BCUT2D eigenvalue weighted by Gasteiger charge is 2.34. The molecule has 0 spiro atoms. The summed E-state index contributed by atoms with van der Waals surface area (Å²) in [7, 11) is 0. The summed E-state index contributed by atoms with van der Waals surface area (Å²) in [5.74, 6) is -1.78. The average Bonchev–Trinajstić information content (AvgIpc) is 3.25. The summed E-state index contributed by atoms with van der Waals surface area (Å²) in [5.41, 5.74) is 0.525. The first kappa shape index (κ1) is 15.2. The van der Waals surface area contributed by atoms with E-state index in [1.54, 1.807) is 6.92 Å². The number of phenolic OH excluding ortho intramolecular Hbond substituents is 2. The minimum atomic E-state index is -1.13. The van der Waals surface area contributed by atoms with E-state index in [0.29, 0.717) is 11.5 Å². The van der Waals surface area contributed by atoms with E-state index in [0.717, 1.165) is 12.8 Å². The number of hydrogen-bond donors (Lipinski definition) is 4. The highest BCUT2D eigenvalue weighted by molar-refractivity contribution is 5.85. The molecule has 1 aliphatic carbocycles. The molecule has 6 nitrogen and oxygen atoms in total. The second-order valence-electron chi connectivity index (χ2n) is 5.55. The lowest BCUT2D eigenvalue weighted by molar-refractivity contribution is -0.142. The molecule has 1 amide bonds. The molecule has 4 N–H and O–H groups in total. The fourth-order valence-electron chi connectivity index (χ4n) is 2.25. The lowest BCUT2D eigenvalue weighted by atomic mass is 10.0. The second-order valence-corrected chi connectivity index (χ2v) is 5.55. The fourth-order valence-corrected chi connectivity index (χ4v) is 2.25. The van der Waals surface area contributed by atoms with Crippen LogP contribution in [0.25, 0.3) is 0 Å². The number of carbonyl (C=O) groups excluding carboxylic acids is 1. The number of benzene rings is 1. The Kier molecular flexibility index (Phi) is 4.35. The molecule has 2 rings (SSSR count). The summed E-state index contributed by atoms with van der Waals surface area (Å²) in [6.07, 6.45) is 2.07. The zero-order valence-electron chi connectivity index (χ0n) is 11.7. The van der Waals surface area contributed by atoms with Crippen LogP contribution in [0, 0.1) is 11.8 Å². The number of rotatable bonds is 6. The van der Waals surface area contributed by atoms with Crippen molar-refractivity contribution in [2.75, 3.05) is 0 Å². The van der Waals surface area contributed by atoms with Gasteiger partial charge >= 0.3 is 5.97 Å². The van der Waals surface area contributed by atoms with Crippen molar-refractivity contribution in [3.05, 3.63) is 23.8 Å². The van der Waals surface area contributed by atoms with Crippen LogP contribution in [0.4, 0.5) is 0 Å². The monoisotopic (exact) mass is 293 g/mol. The molecule has 6 heteroatoms. The lowest BCUT2D eigenvalue weighted by Crippen LogP contribution is -2.44. The molecule has 1 unspecified atom stereocenters. The van der Waals surface area contributed by atoms with Crippen LogP contribution in [-0.4, -0.2) is 33.2 Å². The average molecular weight is 293 g/mol. The SMILES string of the molecule is CC(C(=O)N[C@@H](Cc1ccc(O)c(O)c1)C(=O)O)C1CC1. The van der Waals surface area contributed by atoms with Gasteiger partial charge in [-0.25, -0.2) is 4.79 Å². The maximum atomic E-state index is 12.0. The number of hydrogen-bond acceptors (Lipinski definition) is 4. The number of carboxylic acids is 1. The van der Waals surface area contributed by atoms with Crippen LogP contribution in [0.3, 0.4) is 0 Å². The van der Waals surface area contributed by atoms with E-state index in [1.165, 1.54) is 18.2 Å². The summed E-state index contributed by atoms with van der Waals surface area (Å²) in [6.45, 7) is 1.80. The van der Waals surface area contributed by atoms with Crippen molar-refractivity contribution < 1.29 is 24.9 Å². The molecule has 21 heavy (non-hydrogen) atoms. The number of aromatic hydroxyl groups is 2. The van der Waals surface area contributed by atoms with Gasteiger partial charge in [0.25, 0.3) is 0 Å². The van der Waals surface area contributed by atoms with E-state index in [9.17, 15) is 24.9 Å². The third kappa shape index (κ3) is 3.87. The van der Waals surface area contributed by atoms with Gasteiger partial charge in [-0.2, -0.15) is 0 Å². The summed E-state index contributed by atoms with van der Waals surface area (Å²) in [4.78, 5) is 23.3. The predicted octanol–water partition coefficient (Wildman–Crippen LogP) is 1.26. The molecule has 2 atom stereocenters. The van der Waals surface area contributed by atoms with E-state index in [2.05, 4.69) is 5.32 Å². The van der Waals surface area contributed by atoms with Gasteiger partial charge in [0.2, 0.25) is 5.91 Å². The van der Waals surface area contributed by atoms with Gasteiger partial charge in [0.15, 0.2) is 11.5 Å². The maximum absolute atomic E-state index is 12.0. The molecule has 0 saturated heterocycles. The molecule has 0 radical (unpaired) electrons. The van der Waals surface area contributed by atoms with E-state index >= 15 is 0 Å². The first-order valence-electron chi connectivity index (χ1n) is 6.92. The zero-order valence-corrected chi connectivity index (χ0v) is 11.7. The molecule has 0 bridgehead atoms. The minimum Gasteiger partial charge on any atom is -0.504 e. The van der Waals surface area contributed by atoms with Crippen molar-refractivity contribution in [2.45, 2.75) is 32.2 Å². The van der Waals surface area contributed by atoms with Gasteiger partial charge in [-0.1, -0.05) is 13.0 Å². The number of amides is 1. The molecular weight excluding hydrogens is 274 g/mol. The molecule has 1 aromatic carbocycles. The van der Waals surface area contributed by atoms with E-state index < -0.39 is 12.0 Å². The van der Waals surface area contributed by atoms with Gasteiger partial charge in [-0.05, 0) is 36.5 Å². The maximum Gasteiger partial charge on any atom is 0.326 e. The van der Waals surface area contributed by atoms with E-state index in [1.807, 2.05) is 0 Å². The Bertz CT molecular complexity index is 553. The quantitative estimate of drug-likeness (QED) is 0.591. The number of phenols is 2. The second kappa shape index (κ2) is 6.03. The number of aliphatic carboxylic acids is 1. The smallest absolute Gasteiger partial charge is 0.326 e. The van der Waals surface area contributed by atoms with Crippen molar-refractivity contribution in [3.8, 4) is 11.5 Å². The highest BCUT2D eigenvalue weighted by Crippen LogP contribution is 2.36. The highest BCUT2D eigenvalue weighted by atomic mass is 16.4. The van der Waals surface area contributed by atoms with Crippen molar-refractivity contribution in [1.29, 1.82) is 0 Å². The standard InChI is InChI=1S/C15H19NO5/c1-8(10-3-4-10)14(19)16-11(15(20)21)6-9-2-5-12(17)13(18)7-9/h2,5,7-8,10-11,17-18H,3-4,6H2,1H3,(H,16,19)(H,20,21)/t8?,11-/m0/s1. The van der Waals surface area contributed by atoms with Crippen LogP contribution in [0.15, 0.2) is 18.2 Å². The largest absolute Gasteiger partial charge is 0.504 e. The van der Waals surface area contributed by atoms with E-state index in [4.69, 9.17) is 0 Å². The van der Waals surface area contributed by atoms with Crippen molar-refractivity contribution >= 4 is 11.9 Å². The van der Waals surface area contributed by atoms with E-state index in [-0.39, 0.29) is 29.7 Å².